The molecule has 3 heterocycles. The van der Waals surface area contributed by atoms with Crippen molar-refractivity contribution in [3.63, 3.8) is 0 Å². The third-order valence-electron chi connectivity index (χ3n) is 6.35. The Morgan fingerprint density at radius 1 is 1.19 bits per heavy atom. The molecule has 4 rings (SSSR count). The molecule has 2 aliphatic heterocycles. The van der Waals surface area contributed by atoms with Crippen LogP contribution in [0.25, 0.3) is 0 Å². The zero-order valence-electron chi connectivity index (χ0n) is 16.1. The van der Waals surface area contributed by atoms with Crippen LogP contribution in [0.2, 0.25) is 0 Å². The lowest BCUT2D eigenvalue weighted by Crippen LogP contribution is -2.31. The van der Waals surface area contributed by atoms with Crippen molar-refractivity contribution < 1.29 is 4.79 Å². The van der Waals surface area contributed by atoms with Gasteiger partial charge in [0.1, 0.15) is 11.6 Å². The second-order valence-electron chi connectivity index (χ2n) is 8.27. The molecule has 0 spiro atoms. The molecule has 1 saturated heterocycles. The normalized spacial score (nSPS) is 24.1. The van der Waals surface area contributed by atoms with Crippen molar-refractivity contribution >= 4 is 11.7 Å². The summed E-state index contributed by atoms with van der Waals surface area (Å²) >= 11 is 0. The van der Waals surface area contributed by atoms with Crippen molar-refractivity contribution in [2.45, 2.75) is 57.4 Å². The van der Waals surface area contributed by atoms with E-state index in [1.54, 1.807) is 0 Å². The predicted molar refractivity (Wildman–Crippen MR) is 102 cm³/mol. The highest BCUT2D eigenvalue weighted by Crippen LogP contribution is 2.32. The van der Waals surface area contributed by atoms with Crippen molar-refractivity contribution in [3.05, 3.63) is 17.1 Å². The molecule has 6 heteroatoms. The average Bonchev–Trinajstić information content (AvgIpc) is 3.32. The Bertz CT molecular complexity index is 653. The molecule has 1 N–H and O–H groups in total. The number of aromatic nitrogens is 2. The number of amides is 1. The zero-order valence-corrected chi connectivity index (χ0v) is 16.1. The van der Waals surface area contributed by atoms with Crippen LogP contribution < -0.4 is 5.32 Å². The number of carbonyl (C=O) groups is 1. The van der Waals surface area contributed by atoms with Gasteiger partial charge in [-0.25, -0.2) is 9.97 Å². The molecule has 1 amide bonds. The van der Waals surface area contributed by atoms with Crippen LogP contribution >= 0.6 is 0 Å². The molecular weight excluding hydrogens is 326 g/mol. The molecule has 1 saturated carbocycles. The molecular formula is C20H31N5O. The van der Waals surface area contributed by atoms with Gasteiger partial charge in [-0.2, -0.15) is 0 Å². The molecule has 1 atom stereocenters. The predicted octanol–water partition coefficient (Wildman–Crippen LogP) is 2.40. The lowest BCUT2D eigenvalue weighted by molar-refractivity contribution is -0.131. The number of nitrogens with one attached hydrogen (secondary N) is 1. The smallest absolute Gasteiger partial charge is 0.222 e. The Morgan fingerprint density at radius 2 is 2.00 bits per heavy atom. The van der Waals surface area contributed by atoms with Crippen LogP contribution in [0, 0.1) is 5.92 Å². The van der Waals surface area contributed by atoms with Gasteiger partial charge in [0.2, 0.25) is 5.91 Å². The fourth-order valence-electron chi connectivity index (χ4n) is 4.75. The standard InChI is InChI=1S/C20H31N5O/c1-21-20-16-13-24(2)9-8-17(16)22-19(23-20)15-7-10-25(12-15)18(26)11-14-5-3-4-6-14/h14-15H,3-13H2,1-2H3,(H,21,22,23)/t15-/m1/s1. The van der Waals surface area contributed by atoms with Gasteiger partial charge in [-0.05, 0) is 32.2 Å². The number of likely N-dealkylation sites (tertiary alicyclic amines) is 1. The van der Waals surface area contributed by atoms with Crippen LogP contribution in [0.15, 0.2) is 0 Å². The Kier molecular flexibility index (Phi) is 5.11. The van der Waals surface area contributed by atoms with Gasteiger partial charge < -0.3 is 15.1 Å². The first-order valence-corrected chi connectivity index (χ1v) is 10.2. The van der Waals surface area contributed by atoms with Crippen LogP contribution in [0.5, 0.6) is 0 Å². The molecule has 0 bridgehead atoms. The first-order chi connectivity index (χ1) is 12.6. The molecule has 26 heavy (non-hydrogen) atoms. The molecule has 0 radical (unpaired) electrons. The topological polar surface area (TPSA) is 61.4 Å². The highest BCUT2D eigenvalue weighted by Gasteiger charge is 2.32. The molecule has 0 unspecified atom stereocenters. The van der Waals surface area contributed by atoms with E-state index in [0.717, 1.165) is 57.1 Å². The van der Waals surface area contributed by atoms with Gasteiger partial charge in [0.15, 0.2) is 0 Å². The van der Waals surface area contributed by atoms with E-state index in [1.807, 2.05) is 7.05 Å². The maximum absolute atomic E-state index is 12.6. The van der Waals surface area contributed by atoms with Gasteiger partial charge in [0.05, 0.1) is 5.69 Å². The third kappa shape index (κ3) is 3.56. The lowest BCUT2D eigenvalue weighted by Gasteiger charge is -2.26. The maximum atomic E-state index is 12.6. The monoisotopic (exact) mass is 357 g/mol. The Labute approximate surface area is 156 Å². The number of fused-ring (bicyclic) bond motifs is 1. The van der Waals surface area contributed by atoms with E-state index in [1.165, 1.54) is 36.9 Å². The van der Waals surface area contributed by atoms with Crippen LogP contribution in [-0.2, 0) is 17.8 Å². The van der Waals surface area contributed by atoms with Crippen molar-refractivity contribution in [1.29, 1.82) is 0 Å². The largest absolute Gasteiger partial charge is 0.373 e. The molecule has 1 aliphatic carbocycles. The zero-order chi connectivity index (χ0) is 18.1. The van der Waals surface area contributed by atoms with Gasteiger partial charge in [-0.15, -0.1) is 0 Å². The number of likely N-dealkylation sites (N-methyl/N-ethyl adjacent to an activating group) is 1. The van der Waals surface area contributed by atoms with E-state index in [9.17, 15) is 4.79 Å². The molecule has 2 fully saturated rings. The van der Waals surface area contributed by atoms with E-state index in [2.05, 4.69) is 22.2 Å². The van der Waals surface area contributed by atoms with Crippen LogP contribution in [0.4, 0.5) is 5.82 Å². The van der Waals surface area contributed by atoms with Gasteiger partial charge in [0.25, 0.3) is 0 Å². The van der Waals surface area contributed by atoms with Crippen LogP contribution in [-0.4, -0.2) is 59.4 Å². The summed E-state index contributed by atoms with van der Waals surface area (Å²) in [5.41, 5.74) is 2.42. The number of nitrogens with zero attached hydrogens (tertiary/aromatic N) is 4. The molecule has 1 aromatic rings. The Hall–Kier alpha value is -1.69. The summed E-state index contributed by atoms with van der Waals surface area (Å²) in [5, 5.41) is 3.26. The van der Waals surface area contributed by atoms with Crippen LogP contribution in [0.3, 0.4) is 0 Å². The van der Waals surface area contributed by atoms with Gasteiger partial charge >= 0.3 is 0 Å². The summed E-state index contributed by atoms with van der Waals surface area (Å²) in [4.78, 5) is 26.8. The second-order valence-corrected chi connectivity index (χ2v) is 8.27. The van der Waals surface area contributed by atoms with Gasteiger partial charge in [0, 0.05) is 57.5 Å². The van der Waals surface area contributed by atoms with Crippen molar-refractivity contribution in [2.75, 3.05) is 39.0 Å². The number of rotatable bonds is 4. The number of hydrogen-bond acceptors (Lipinski definition) is 5. The first kappa shape index (κ1) is 17.7. The van der Waals surface area contributed by atoms with Crippen molar-refractivity contribution in [1.82, 2.24) is 19.8 Å². The third-order valence-corrected chi connectivity index (χ3v) is 6.35. The second kappa shape index (κ2) is 7.51. The van der Waals surface area contributed by atoms with E-state index < -0.39 is 0 Å². The number of carbonyl (C=O) groups excluding carboxylic acids is 1. The summed E-state index contributed by atoms with van der Waals surface area (Å²) < 4.78 is 0. The van der Waals surface area contributed by atoms with Crippen molar-refractivity contribution in [3.8, 4) is 0 Å². The maximum Gasteiger partial charge on any atom is 0.222 e. The molecule has 6 nitrogen and oxygen atoms in total. The fourth-order valence-corrected chi connectivity index (χ4v) is 4.75. The SMILES string of the molecule is CNc1nc([C@@H]2CCN(C(=O)CC3CCCC3)C2)nc2c1CN(C)CC2. The molecule has 3 aliphatic rings. The van der Waals surface area contributed by atoms with Gasteiger partial charge in [-0.3, -0.25) is 4.79 Å². The minimum absolute atomic E-state index is 0.277. The Morgan fingerprint density at radius 3 is 2.77 bits per heavy atom. The summed E-state index contributed by atoms with van der Waals surface area (Å²) in [6, 6.07) is 0. The summed E-state index contributed by atoms with van der Waals surface area (Å²) in [6.45, 7) is 3.59. The highest BCUT2D eigenvalue weighted by atomic mass is 16.2. The number of anilines is 1. The molecule has 1 aromatic heterocycles. The summed E-state index contributed by atoms with van der Waals surface area (Å²) in [5.74, 6) is 3.13. The minimum atomic E-state index is 0.277. The molecule has 142 valence electrons. The van der Waals surface area contributed by atoms with E-state index in [-0.39, 0.29) is 5.92 Å². The lowest BCUT2D eigenvalue weighted by atomic mass is 10.0. The average molecular weight is 358 g/mol. The fraction of sp³-hybridized carbons (Fsp3) is 0.750. The highest BCUT2D eigenvalue weighted by molar-refractivity contribution is 5.76. The molecule has 0 aromatic carbocycles. The Balaban J connectivity index is 1.45. The first-order valence-electron chi connectivity index (χ1n) is 10.2. The summed E-state index contributed by atoms with van der Waals surface area (Å²) in [7, 11) is 4.08. The van der Waals surface area contributed by atoms with E-state index in [4.69, 9.17) is 9.97 Å². The quantitative estimate of drug-likeness (QED) is 0.897. The van der Waals surface area contributed by atoms with Gasteiger partial charge in [-0.1, -0.05) is 12.8 Å². The number of hydrogen-bond donors (Lipinski definition) is 1. The minimum Gasteiger partial charge on any atom is -0.373 e. The van der Waals surface area contributed by atoms with E-state index >= 15 is 0 Å². The van der Waals surface area contributed by atoms with Crippen molar-refractivity contribution in [2.24, 2.45) is 5.92 Å². The van der Waals surface area contributed by atoms with E-state index in [0.29, 0.717) is 11.8 Å². The van der Waals surface area contributed by atoms with Crippen LogP contribution in [0.1, 0.15) is 61.5 Å². The summed E-state index contributed by atoms with van der Waals surface area (Å²) in [6.07, 6.45) is 7.77.